The van der Waals surface area contributed by atoms with Crippen molar-refractivity contribution in [1.82, 2.24) is 5.32 Å². The van der Waals surface area contributed by atoms with Gasteiger partial charge in [-0.3, -0.25) is 4.79 Å². The van der Waals surface area contributed by atoms with E-state index in [1.165, 1.54) is 6.42 Å². The summed E-state index contributed by atoms with van der Waals surface area (Å²) in [7, 11) is 0. The van der Waals surface area contributed by atoms with E-state index in [0.29, 0.717) is 5.56 Å². The maximum absolute atomic E-state index is 12.5. The first kappa shape index (κ1) is 16.0. The molecule has 0 unspecified atom stereocenters. The van der Waals surface area contributed by atoms with Crippen LogP contribution in [0.5, 0.6) is 0 Å². The molecule has 1 aromatic rings. The van der Waals surface area contributed by atoms with Crippen LogP contribution in [0, 0.1) is 18.3 Å². The van der Waals surface area contributed by atoms with Gasteiger partial charge in [0.1, 0.15) is 5.54 Å². The lowest BCUT2D eigenvalue weighted by Gasteiger charge is -2.30. The molecule has 1 amide bonds. The molecule has 0 heterocycles. The molecule has 0 radical (unpaired) electrons. The van der Waals surface area contributed by atoms with E-state index in [4.69, 9.17) is 0 Å². The van der Waals surface area contributed by atoms with Crippen LogP contribution >= 0.6 is 15.9 Å². The first-order valence-corrected chi connectivity index (χ1v) is 8.35. The molecule has 1 fully saturated rings. The molecule has 0 bridgehead atoms. The van der Waals surface area contributed by atoms with Crippen LogP contribution in [0.3, 0.4) is 0 Å². The lowest BCUT2D eigenvalue weighted by Crippen LogP contribution is -2.47. The summed E-state index contributed by atoms with van der Waals surface area (Å²) in [4.78, 5) is 12.5. The van der Waals surface area contributed by atoms with E-state index in [1.807, 2.05) is 25.1 Å². The lowest BCUT2D eigenvalue weighted by molar-refractivity contribution is 0.0907. The number of carbonyl (C=O) groups is 1. The summed E-state index contributed by atoms with van der Waals surface area (Å²) in [5.74, 6) is -0.163. The first-order valence-electron chi connectivity index (χ1n) is 7.56. The van der Waals surface area contributed by atoms with E-state index >= 15 is 0 Å². The van der Waals surface area contributed by atoms with Crippen LogP contribution in [0.2, 0.25) is 0 Å². The van der Waals surface area contributed by atoms with Crippen LogP contribution in [0.1, 0.15) is 60.9 Å². The topological polar surface area (TPSA) is 52.9 Å². The molecule has 112 valence electrons. The second kappa shape index (κ2) is 7.09. The highest BCUT2D eigenvalue weighted by molar-refractivity contribution is 9.10. The number of nitriles is 1. The molecule has 1 saturated carbocycles. The van der Waals surface area contributed by atoms with E-state index in [2.05, 4.69) is 27.3 Å². The van der Waals surface area contributed by atoms with Gasteiger partial charge < -0.3 is 5.32 Å². The Hall–Kier alpha value is -1.34. The number of carbonyl (C=O) groups excluding carboxylic acids is 1. The van der Waals surface area contributed by atoms with Crippen molar-refractivity contribution in [3.8, 4) is 6.07 Å². The van der Waals surface area contributed by atoms with E-state index in [0.717, 1.165) is 48.6 Å². The minimum atomic E-state index is -0.707. The average molecular weight is 349 g/mol. The number of rotatable bonds is 2. The number of aryl methyl sites for hydroxylation is 1. The zero-order valence-corrected chi connectivity index (χ0v) is 14.0. The third-order valence-corrected chi connectivity index (χ3v) is 4.80. The van der Waals surface area contributed by atoms with Gasteiger partial charge in [-0.15, -0.1) is 0 Å². The molecular formula is C17H21BrN2O. The van der Waals surface area contributed by atoms with Crippen LogP contribution in [0.4, 0.5) is 0 Å². The number of benzene rings is 1. The highest BCUT2D eigenvalue weighted by atomic mass is 79.9. The quantitative estimate of drug-likeness (QED) is 0.855. The fraction of sp³-hybridized carbons (Fsp3) is 0.529. The Morgan fingerprint density at radius 2 is 1.86 bits per heavy atom. The van der Waals surface area contributed by atoms with E-state index < -0.39 is 5.54 Å². The summed E-state index contributed by atoms with van der Waals surface area (Å²) in [5.41, 5.74) is 0.985. The number of nitrogens with zero attached hydrogens (tertiary/aromatic N) is 1. The van der Waals surface area contributed by atoms with Crippen LogP contribution in [-0.2, 0) is 0 Å². The Morgan fingerprint density at radius 3 is 2.43 bits per heavy atom. The van der Waals surface area contributed by atoms with Gasteiger partial charge >= 0.3 is 0 Å². The third-order valence-electron chi connectivity index (χ3n) is 4.14. The molecule has 0 aromatic heterocycles. The zero-order chi connectivity index (χ0) is 15.3. The summed E-state index contributed by atoms with van der Waals surface area (Å²) >= 11 is 3.44. The third kappa shape index (κ3) is 4.07. The van der Waals surface area contributed by atoms with Crippen molar-refractivity contribution in [3.63, 3.8) is 0 Å². The second-order valence-corrected chi connectivity index (χ2v) is 6.75. The molecule has 1 aliphatic rings. The van der Waals surface area contributed by atoms with Crippen molar-refractivity contribution in [2.45, 2.75) is 57.4 Å². The Morgan fingerprint density at radius 1 is 1.24 bits per heavy atom. The second-order valence-electron chi connectivity index (χ2n) is 5.90. The minimum Gasteiger partial charge on any atom is -0.334 e. The van der Waals surface area contributed by atoms with Crippen molar-refractivity contribution >= 4 is 21.8 Å². The van der Waals surface area contributed by atoms with Crippen LogP contribution in [0.15, 0.2) is 22.7 Å². The van der Waals surface area contributed by atoms with Crippen molar-refractivity contribution in [1.29, 1.82) is 5.26 Å². The highest BCUT2D eigenvalue weighted by Crippen LogP contribution is 2.27. The van der Waals surface area contributed by atoms with Crippen molar-refractivity contribution in [2.75, 3.05) is 0 Å². The van der Waals surface area contributed by atoms with Crippen molar-refractivity contribution in [2.24, 2.45) is 0 Å². The average Bonchev–Trinajstić information content (AvgIpc) is 2.42. The zero-order valence-electron chi connectivity index (χ0n) is 12.4. The maximum Gasteiger partial charge on any atom is 0.253 e. The smallest absolute Gasteiger partial charge is 0.253 e. The number of amides is 1. The highest BCUT2D eigenvalue weighted by Gasteiger charge is 2.32. The van der Waals surface area contributed by atoms with Gasteiger partial charge in [-0.25, -0.2) is 0 Å². The number of nitrogens with one attached hydrogen (secondary N) is 1. The lowest BCUT2D eigenvalue weighted by atomic mass is 9.85. The molecule has 2 rings (SSSR count). The summed E-state index contributed by atoms with van der Waals surface area (Å²) in [5, 5.41) is 12.6. The van der Waals surface area contributed by atoms with Crippen molar-refractivity contribution in [3.05, 3.63) is 33.8 Å². The Bertz CT molecular complexity index is 554. The molecule has 1 aromatic carbocycles. The summed E-state index contributed by atoms with van der Waals surface area (Å²) in [6, 6.07) is 8.01. The summed E-state index contributed by atoms with van der Waals surface area (Å²) in [6.07, 6.45) is 7.03. The Kier molecular flexibility index (Phi) is 5.41. The summed E-state index contributed by atoms with van der Waals surface area (Å²) in [6.45, 7) is 1.98. The largest absolute Gasteiger partial charge is 0.334 e. The van der Waals surface area contributed by atoms with Crippen LogP contribution in [0.25, 0.3) is 0 Å². The molecule has 0 saturated heterocycles. The predicted octanol–water partition coefficient (Wildman–Crippen LogP) is 4.49. The van der Waals surface area contributed by atoms with Gasteiger partial charge in [0.2, 0.25) is 0 Å². The fourth-order valence-corrected chi connectivity index (χ4v) is 3.54. The standard InChI is InChI=1S/C17H21BrN2O/c1-13-7-8-14(15(18)11-13)16(21)20-17(12-19)9-5-3-2-4-6-10-17/h7-8,11H,2-6,9-10H2,1H3,(H,20,21). The molecule has 0 atom stereocenters. The molecule has 4 heteroatoms. The SMILES string of the molecule is Cc1ccc(C(=O)NC2(C#N)CCCCCCC2)c(Br)c1. The van der Waals surface area contributed by atoms with E-state index in [9.17, 15) is 10.1 Å². The van der Waals surface area contributed by atoms with Gasteiger partial charge in [0, 0.05) is 4.47 Å². The predicted molar refractivity (Wildman–Crippen MR) is 87.0 cm³/mol. The van der Waals surface area contributed by atoms with Gasteiger partial charge in [0.15, 0.2) is 0 Å². The van der Waals surface area contributed by atoms with Gasteiger partial charge in [-0.2, -0.15) is 5.26 Å². The van der Waals surface area contributed by atoms with Crippen molar-refractivity contribution < 1.29 is 4.79 Å². The molecule has 3 nitrogen and oxygen atoms in total. The fourth-order valence-electron chi connectivity index (χ4n) is 2.86. The Balaban J connectivity index is 2.16. The molecule has 0 spiro atoms. The number of halogens is 1. The normalized spacial score (nSPS) is 18.1. The van der Waals surface area contributed by atoms with Gasteiger partial charge in [0.25, 0.3) is 5.91 Å². The van der Waals surface area contributed by atoms with Crippen LogP contribution in [-0.4, -0.2) is 11.4 Å². The van der Waals surface area contributed by atoms with E-state index in [1.54, 1.807) is 0 Å². The molecule has 1 N–H and O–H groups in total. The monoisotopic (exact) mass is 348 g/mol. The molecule has 21 heavy (non-hydrogen) atoms. The van der Waals surface area contributed by atoms with Crippen LogP contribution < -0.4 is 5.32 Å². The number of hydrogen-bond donors (Lipinski definition) is 1. The molecule has 1 aliphatic carbocycles. The Labute approximate surface area is 134 Å². The molecule has 0 aliphatic heterocycles. The maximum atomic E-state index is 12.5. The minimum absolute atomic E-state index is 0.163. The van der Waals surface area contributed by atoms with Gasteiger partial charge in [-0.1, -0.05) is 38.2 Å². The summed E-state index contributed by atoms with van der Waals surface area (Å²) < 4.78 is 0.777. The van der Waals surface area contributed by atoms with E-state index in [-0.39, 0.29) is 5.91 Å². The number of hydrogen-bond acceptors (Lipinski definition) is 2. The molecular weight excluding hydrogens is 328 g/mol. The first-order chi connectivity index (χ1) is 10.1. The van der Waals surface area contributed by atoms with Gasteiger partial charge in [-0.05, 0) is 53.4 Å². The van der Waals surface area contributed by atoms with Gasteiger partial charge in [0.05, 0.1) is 11.6 Å².